The van der Waals surface area contributed by atoms with Crippen LogP contribution in [-0.2, 0) is 49.5 Å². The van der Waals surface area contributed by atoms with Crippen molar-refractivity contribution in [3.8, 4) is 11.5 Å². The van der Waals surface area contributed by atoms with Crippen LogP contribution in [0.1, 0.15) is 26.3 Å². The SMILES string of the molecule is COC(=O)[C@H]1O[C@@H](Oc2ccc(CO)c(O)c2)[C@H](OC(C)=O)[C@@H](OC(C)=O)[C@@H]1OC(C)=O. The Hall–Kier alpha value is -3.38. The predicted octanol–water partition coefficient (Wildman–Crippen LogP) is -0.0437. The molecule has 0 aliphatic carbocycles. The van der Waals surface area contributed by atoms with Crippen molar-refractivity contribution in [2.45, 2.75) is 58.1 Å². The van der Waals surface area contributed by atoms with Crippen LogP contribution in [-0.4, -0.2) is 71.9 Å². The number of hydrogen-bond acceptors (Lipinski definition) is 12. The molecular weight excluding hydrogens is 432 g/mol. The van der Waals surface area contributed by atoms with Crippen molar-refractivity contribution in [1.82, 2.24) is 0 Å². The Labute approximate surface area is 182 Å². The van der Waals surface area contributed by atoms with Crippen molar-refractivity contribution in [2.24, 2.45) is 0 Å². The van der Waals surface area contributed by atoms with E-state index in [4.69, 9.17) is 28.4 Å². The van der Waals surface area contributed by atoms with E-state index in [-0.39, 0.29) is 17.1 Å². The molecule has 0 spiro atoms. The zero-order valence-electron chi connectivity index (χ0n) is 17.8. The molecular formula is C20H24O12. The second kappa shape index (κ2) is 10.8. The van der Waals surface area contributed by atoms with Gasteiger partial charge >= 0.3 is 23.9 Å². The molecule has 0 saturated carbocycles. The fourth-order valence-electron chi connectivity index (χ4n) is 3.06. The van der Waals surface area contributed by atoms with E-state index in [2.05, 4.69) is 0 Å². The molecule has 1 fully saturated rings. The number of carbonyl (C=O) groups excluding carboxylic acids is 4. The summed E-state index contributed by atoms with van der Waals surface area (Å²) in [6.45, 7) is 2.79. The number of aliphatic hydroxyl groups excluding tert-OH is 1. The number of aliphatic hydroxyl groups is 1. The van der Waals surface area contributed by atoms with Gasteiger partial charge in [-0.2, -0.15) is 0 Å². The Morgan fingerprint density at radius 2 is 1.50 bits per heavy atom. The minimum Gasteiger partial charge on any atom is -0.507 e. The monoisotopic (exact) mass is 456 g/mol. The molecule has 176 valence electrons. The maximum Gasteiger partial charge on any atom is 0.339 e. The molecule has 5 atom stereocenters. The van der Waals surface area contributed by atoms with E-state index in [1.807, 2.05) is 0 Å². The molecule has 0 unspecified atom stereocenters. The van der Waals surface area contributed by atoms with Crippen molar-refractivity contribution in [1.29, 1.82) is 0 Å². The molecule has 0 bridgehead atoms. The van der Waals surface area contributed by atoms with Gasteiger partial charge in [-0.25, -0.2) is 4.79 Å². The van der Waals surface area contributed by atoms with Crippen LogP contribution in [0.5, 0.6) is 11.5 Å². The maximum absolute atomic E-state index is 12.3. The van der Waals surface area contributed by atoms with Gasteiger partial charge in [0.15, 0.2) is 18.3 Å². The molecule has 1 aromatic carbocycles. The van der Waals surface area contributed by atoms with Gasteiger partial charge in [0.2, 0.25) is 12.4 Å². The first-order valence-electron chi connectivity index (χ1n) is 9.41. The van der Waals surface area contributed by atoms with Gasteiger partial charge in [0.05, 0.1) is 13.7 Å². The Morgan fingerprint density at radius 3 is 2.00 bits per heavy atom. The lowest BCUT2D eigenvalue weighted by Gasteiger charge is -2.43. The number of hydrogen-bond donors (Lipinski definition) is 2. The zero-order chi connectivity index (χ0) is 24.0. The molecule has 2 rings (SSSR count). The van der Waals surface area contributed by atoms with Crippen molar-refractivity contribution in [2.75, 3.05) is 7.11 Å². The summed E-state index contributed by atoms with van der Waals surface area (Å²) >= 11 is 0. The van der Waals surface area contributed by atoms with Crippen molar-refractivity contribution in [3.63, 3.8) is 0 Å². The zero-order valence-corrected chi connectivity index (χ0v) is 17.8. The molecule has 0 amide bonds. The summed E-state index contributed by atoms with van der Waals surface area (Å²) in [4.78, 5) is 47.5. The van der Waals surface area contributed by atoms with Crippen LogP contribution >= 0.6 is 0 Å². The van der Waals surface area contributed by atoms with Gasteiger partial charge in [0.25, 0.3) is 0 Å². The number of phenols is 1. The lowest BCUT2D eigenvalue weighted by molar-refractivity contribution is -0.282. The molecule has 32 heavy (non-hydrogen) atoms. The number of methoxy groups -OCH3 is 1. The van der Waals surface area contributed by atoms with E-state index >= 15 is 0 Å². The first-order chi connectivity index (χ1) is 15.1. The Balaban J connectivity index is 2.50. The number of aromatic hydroxyl groups is 1. The molecule has 1 aromatic rings. The average Bonchev–Trinajstić information content (AvgIpc) is 2.70. The first-order valence-corrected chi connectivity index (χ1v) is 9.41. The van der Waals surface area contributed by atoms with Crippen LogP contribution in [0.15, 0.2) is 18.2 Å². The van der Waals surface area contributed by atoms with Crippen LogP contribution in [0.2, 0.25) is 0 Å². The Bertz CT molecular complexity index is 866. The highest BCUT2D eigenvalue weighted by molar-refractivity contribution is 5.77. The number of ether oxygens (including phenoxy) is 6. The summed E-state index contributed by atoms with van der Waals surface area (Å²) in [6.07, 6.45) is -7.62. The minimum atomic E-state index is -1.60. The summed E-state index contributed by atoms with van der Waals surface area (Å²) in [7, 11) is 1.07. The summed E-state index contributed by atoms with van der Waals surface area (Å²) in [5, 5.41) is 19.1. The van der Waals surface area contributed by atoms with Crippen LogP contribution in [0.4, 0.5) is 0 Å². The third-order valence-electron chi connectivity index (χ3n) is 4.31. The standard InChI is InChI=1S/C20H24O12/c1-9(22)28-15-16(29-10(2)23)18(30-11(3)24)20(32-17(15)19(26)27-4)31-13-6-5-12(8-21)14(25)7-13/h5-7,15-18,20-21,25H,8H2,1-4H3/t15-,16-,17-,18+,20+/m0/s1. The molecule has 1 aliphatic heterocycles. The summed E-state index contributed by atoms with van der Waals surface area (Å²) in [5.41, 5.74) is 0.221. The smallest absolute Gasteiger partial charge is 0.339 e. The van der Waals surface area contributed by atoms with Crippen LogP contribution in [0, 0.1) is 0 Å². The maximum atomic E-state index is 12.3. The van der Waals surface area contributed by atoms with Gasteiger partial charge in [-0.15, -0.1) is 0 Å². The number of carbonyl (C=O) groups is 4. The fraction of sp³-hybridized carbons (Fsp3) is 0.500. The molecule has 1 aliphatic rings. The molecule has 1 saturated heterocycles. The highest BCUT2D eigenvalue weighted by Gasteiger charge is 2.55. The number of esters is 4. The van der Waals surface area contributed by atoms with Crippen molar-refractivity contribution >= 4 is 23.9 Å². The van der Waals surface area contributed by atoms with Gasteiger partial charge in [-0.05, 0) is 12.1 Å². The van der Waals surface area contributed by atoms with Gasteiger partial charge in [-0.3, -0.25) is 14.4 Å². The average molecular weight is 456 g/mol. The summed E-state index contributed by atoms with van der Waals surface area (Å²) in [5.74, 6) is -3.70. The highest BCUT2D eigenvalue weighted by atomic mass is 16.7. The van der Waals surface area contributed by atoms with E-state index < -0.39 is 61.2 Å². The number of rotatable bonds is 7. The van der Waals surface area contributed by atoms with Crippen molar-refractivity contribution < 1.29 is 57.8 Å². The second-order valence-electron chi connectivity index (χ2n) is 6.74. The van der Waals surface area contributed by atoms with Gasteiger partial charge < -0.3 is 38.6 Å². The third-order valence-corrected chi connectivity index (χ3v) is 4.31. The van der Waals surface area contributed by atoms with Gasteiger partial charge in [0.1, 0.15) is 11.5 Å². The largest absolute Gasteiger partial charge is 0.507 e. The van der Waals surface area contributed by atoms with Crippen LogP contribution in [0.3, 0.4) is 0 Å². The Morgan fingerprint density at radius 1 is 0.938 bits per heavy atom. The molecule has 0 radical (unpaired) electrons. The first kappa shape index (κ1) is 24.9. The molecule has 12 nitrogen and oxygen atoms in total. The fourth-order valence-corrected chi connectivity index (χ4v) is 3.06. The van der Waals surface area contributed by atoms with Crippen LogP contribution in [0.25, 0.3) is 0 Å². The summed E-state index contributed by atoms with van der Waals surface area (Å²) < 4.78 is 31.6. The molecule has 2 N–H and O–H groups in total. The highest BCUT2D eigenvalue weighted by Crippen LogP contribution is 2.32. The molecule has 1 heterocycles. The predicted molar refractivity (Wildman–Crippen MR) is 102 cm³/mol. The van der Waals surface area contributed by atoms with Gasteiger partial charge in [-0.1, -0.05) is 0 Å². The normalized spacial score (nSPS) is 24.7. The lowest BCUT2D eigenvalue weighted by atomic mass is 9.97. The topological polar surface area (TPSA) is 164 Å². The number of benzene rings is 1. The molecule has 0 aromatic heterocycles. The quantitative estimate of drug-likeness (QED) is 0.416. The van der Waals surface area contributed by atoms with Gasteiger partial charge in [0, 0.05) is 32.4 Å². The minimum absolute atomic E-state index is 0.0120. The van der Waals surface area contributed by atoms with Crippen molar-refractivity contribution in [3.05, 3.63) is 23.8 Å². The lowest BCUT2D eigenvalue weighted by Crippen LogP contribution is -2.64. The summed E-state index contributed by atoms with van der Waals surface area (Å²) in [6, 6.07) is 3.91. The van der Waals surface area contributed by atoms with E-state index in [0.717, 1.165) is 33.9 Å². The molecule has 12 heteroatoms. The van der Waals surface area contributed by atoms with E-state index in [9.17, 15) is 29.4 Å². The van der Waals surface area contributed by atoms with E-state index in [1.165, 1.54) is 12.1 Å². The van der Waals surface area contributed by atoms with E-state index in [0.29, 0.717) is 0 Å². The van der Waals surface area contributed by atoms with Crippen LogP contribution < -0.4 is 4.74 Å². The van der Waals surface area contributed by atoms with E-state index in [1.54, 1.807) is 0 Å². The Kier molecular flexibility index (Phi) is 8.38. The third kappa shape index (κ3) is 6.08. The second-order valence-corrected chi connectivity index (χ2v) is 6.74.